The zero-order chi connectivity index (χ0) is 15.5. The number of nitrogens with zero attached hydrogens (tertiary/aromatic N) is 1. The van der Waals surface area contributed by atoms with Crippen molar-refractivity contribution in [3.63, 3.8) is 0 Å². The summed E-state index contributed by atoms with van der Waals surface area (Å²) in [5, 5.41) is 4.14. The van der Waals surface area contributed by atoms with Gasteiger partial charge < -0.3 is 10.2 Å². The molecule has 114 valence electrons. The minimum atomic E-state index is 0.371. The molecule has 0 spiro atoms. The van der Waals surface area contributed by atoms with Crippen LogP contribution < -0.4 is 5.32 Å². The molecule has 0 saturated carbocycles. The first-order chi connectivity index (χ1) is 10.6. The van der Waals surface area contributed by atoms with Gasteiger partial charge in [-0.1, -0.05) is 42.0 Å². The first-order valence-electron chi connectivity index (χ1n) is 7.83. The molecule has 3 heteroatoms. The van der Waals surface area contributed by atoms with E-state index in [2.05, 4.69) is 72.7 Å². The molecule has 1 N–H and O–H groups in total. The van der Waals surface area contributed by atoms with Gasteiger partial charge in [-0.3, -0.25) is 0 Å². The van der Waals surface area contributed by atoms with Crippen LogP contribution in [0.25, 0.3) is 0 Å². The summed E-state index contributed by atoms with van der Waals surface area (Å²) >= 11 is 5.62. The predicted octanol–water partition coefficient (Wildman–Crippen LogP) is 4.70. The van der Waals surface area contributed by atoms with E-state index in [0.717, 1.165) is 17.2 Å². The molecular weight excluding hydrogens is 288 g/mol. The van der Waals surface area contributed by atoms with Gasteiger partial charge in [-0.2, -0.15) is 0 Å². The van der Waals surface area contributed by atoms with Crippen molar-refractivity contribution in [1.29, 1.82) is 0 Å². The van der Waals surface area contributed by atoms with Crippen molar-refractivity contribution in [2.45, 2.75) is 32.2 Å². The van der Waals surface area contributed by atoms with E-state index >= 15 is 0 Å². The lowest BCUT2D eigenvalue weighted by Crippen LogP contribution is -2.36. The van der Waals surface area contributed by atoms with Crippen LogP contribution in [0.2, 0.25) is 0 Å². The van der Waals surface area contributed by atoms with Crippen molar-refractivity contribution in [2.75, 3.05) is 12.4 Å². The molecule has 2 aromatic carbocycles. The summed E-state index contributed by atoms with van der Waals surface area (Å²) in [7, 11) is 2.09. The van der Waals surface area contributed by atoms with Crippen molar-refractivity contribution in [2.24, 2.45) is 0 Å². The molecule has 0 radical (unpaired) electrons. The van der Waals surface area contributed by atoms with E-state index in [1.165, 1.54) is 29.5 Å². The highest BCUT2D eigenvalue weighted by atomic mass is 32.1. The van der Waals surface area contributed by atoms with Crippen LogP contribution in [0.1, 0.15) is 35.6 Å². The van der Waals surface area contributed by atoms with E-state index < -0.39 is 0 Å². The lowest BCUT2D eigenvalue weighted by molar-refractivity contribution is 0.336. The summed E-state index contributed by atoms with van der Waals surface area (Å²) in [6, 6.07) is 17.5. The van der Waals surface area contributed by atoms with Crippen molar-refractivity contribution in [1.82, 2.24) is 4.90 Å². The topological polar surface area (TPSA) is 15.3 Å². The molecule has 2 nitrogen and oxygen atoms in total. The molecule has 0 unspecified atom stereocenters. The normalized spacial score (nSPS) is 16.7. The predicted molar refractivity (Wildman–Crippen MR) is 97.3 cm³/mol. The van der Waals surface area contributed by atoms with Crippen molar-refractivity contribution in [3.8, 4) is 0 Å². The van der Waals surface area contributed by atoms with Gasteiger partial charge in [0.1, 0.15) is 0 Å². The highest BCUT2D eigenvalue weighted by Gasteiger charge is 2.24. The molecule has 0 bridgehead atoms. The number of nitrogens with one attached hydrogen (secondary N) is 1. The first kappa shape index (κ1) is 15.0. The minimum absolute atomic E-state index is 0.371. The van der Waals surface area contributed by atoms with E-state index in [0.29, 0.717) is 6.04 Å². The Morgan fingerprint density at radius 3 is 2.64 bits per heavy atom. The van der Waals surface area contributed by atoms with Crippen LogP contribution in [0.4, 0.5) is 5.69 Å². The first-order valence-corrected chi connectivity index (χ1v) is 8.24. The number of fused-ring (bicyclic) bond motifs is 1. The maximum Gasteiger partial charge on any atom is 0.173 e. The fourth-order valence-corrected chi connectivity index (χ4v) is 3.37. The second-order valence-corrected chi connectivity index (χ2v) is 6.40. The lowest BCUT2D eigenvalue weighted by atomic mass is 9.87. The van der Waals surface area contributed by atoms with Gasteiger partial charge in [-0.15, -0.1) is 0 Å². The van der Waals surface area contributed by atoms with Crippen molar-refractivity contribution >= 4 is 23.0 Å². The van der Waals surface area contributed by atoms with Crippen LogP contribution in [0.5, 0.6) is 0 Å². The second-order valence-electron chi connectivity index (χ2n) is 6.01. The average Bonchev–Trinajstić information content (AvgIpc) is 2.55. The molecule has 2 aromatic rings. The highest BCUT2D eigenvalue weighted by molar-refractivity contribution is 7.80. The molecule has 0 heterocycles. The standard InChI is InChI=1S/C19H22N2S/c1-14-10-12-16(13-11-14)20-19(22)21(2)18-9-5-7-15-6-3-4-8-17(15)18/h3-4,6,8,10-13,18H,5,7,9H2,1-2H3,(H,20,22)/t18-/m0/s1. The monoisotopic (exact) mass is 310 g/mol. The Kier molecular flexibility index (Phi) is 4.44. The van der Waals surface area contributed by atoms with Gasteiger partial charge >= 0.3 is 0 Å². The molecular formula is C19H22N2S. The maximum atomic E-state index is 5.62. The van der Waals surface area contributed by atoms with Gasteiger partial charge in [0.15, 0.2) is 5.11 Å². The molecule has 0 aromatic heterocycles. The molecule has 1 atom stereocenters. The Labute approximate surface area is 138 Å². The van der Waals surface area contributed by atoms with Gasteiger partial charge in [0.25, 0.3) is 0 Å². The third kappa shape index (κ3) is 3.14. The van der Waals surface area contributed by atoms with Gasteiger partial charge in [-0.05, 0) is 61.7 Å². The number of benzene rings is 2. The molecule has 1 aliphatic carbocycles. The third-order valence-corrected chi connectivity index (χ3v) is 4.82. The number of hydrogen-bond acceptors (Lipinski definition) is 1. The van der Waals surface area contributed by atoms with Crippen LogP contribution >= 0.6 is 12.2 Å². The number of thiocarbonyl (C=S) groups is 1. The maximum absolute atomic E-state index is 5.62. The Bertz CT molecular complexity index is 663. The fraction of sp³-hybridized carbons (Fsp3) is 0.316. The van der Waals surface area contributed by atoms with Gasteiger partial charge in [-0.25, -0.2) is 0 Å². The summed E-state index contributed by atoms with van der Waals surface area (Å²) in [6.07, 6.45) is 3.56. The van der Waals surface area contributed by atoms with Gasteiger partial charge in [0, 0.05) is 12.7 Å². The molecule has 0 amide bonds. The van der Waals surface area contributed by atoms with Crippen LogP contribution in [-0.2, 0) is 6.42 Å². The lowest BCUT2D eigenvalue weighted by Gasteiger charge is -2.35. The zero-order valence-corrected chi connectivity index (χ0v) is 14.0. The zero-order valence-electron chi connectivity index (χ0n) is 13.2. The van der Waals surface area contributed by atoms with E-state index in [-0.39, 0.29) is 0 Å². The van der Waals surface area contributed by atoms with Crippen LogP contribution in [-0.4, -0.2) is 17.1 Å². The molecule has 0 fully saturated rings. The third-order valence-electron chi connectivity index (χ3n) is 4.43. The molecule has 22 heavy (non-hydrogen) atoms. The largest absolute Gasteiger partial charge is 0.345 e. The van der Waals surface area contributed by atoms with E-state index in [1.54, 1.807) is 0 Å². The molecule has 1 aliphatic rings. The quantitative estimate of drug-likeness (QED) is 0.809. The summed E-state index contributed by atoms with van der Waals surface area (Å²) in [5.74, 6) is 0. The summed E-state index contributed by atoms with van der Waals surface area (Å²) in [5.41, 5.74) is 5.19. The van der Waals surface area contributed by atoms with Crippen LogP contribution in [0, 0.1) is 6.92 Å². The van der Waals surface area contributed by atoms with Crippen molar-refractivity contribution < 1.29 is 0 Å². The Hall–Kier alpha value is -1.87. The van der Waals surface area contributed by atoms with Crippen LogP contribution in [0.15, 0.2) is 48.5 Å². The Balaban J connectivity index is 1.75. The van der Waals surface area contributed by atoms with E-state index in [4.69, 9.17) is 12.2 Å². The number of anilines is 1. The van der Waals surface area contributed by atoms with E-state index in [9.17, 15) is 0 Å². The summed E-state index contributed by atoms with van der Waals surface area (Å²) < 4.78 is 0. The molecule has 3 rings (SSSR count). The van der Waals surface area contributed by atoms with Crippen LogP contribution in [0.3, 0.4) is 0 Å². The van der Waals surface area contributed by atoms with Crippen molar-refractivity contribution in [3.05, 3.63) is 65.2 Å². The minimum Gasteiger partial charge on any atom is -0.345 e. The van der Waals surface area contributed by atoms with E-state index in [1.807, 2.05) is 0 Å². The van der Waals surface area contributed by atoms with Gasteiger partial charge in [0.2, 0.25) is 0 Å². The average molecular weight is 310 g/mol. The number of hydrogen-bond donors (Lipinski definition) is 1. The second kappa shape index (κ2) is 6.49. The number of aryl methyl sites for hydroxylation is 2. The highest BCUT2D eigenvalue weighted by Crippen LogP contribution is 2.33. The smallest absolute Gasteiger partial charge is 0.173 e. The molecule has 0 aliphatic heterocycles. The number of rotatable bonds is 2. The SMILES string of the molecule is Cc1ccc(NC(=S)N(C)[C@H]2CCCc3ccccc32)cc1. The Morgan fingerprint density at radius 2 is 1.86 bits per heavy atom. The summed E-state index contributed by atoms with van der Waals surface area (Å²) in [6.45, 7) is 2.09. The molecule has 0 saturated heterocycles. The van der Waals surface area contributed by atoms with Gasteiger partial charge in [0.05, 0.1) is 6.04 Å². The fourth-order valence-electron chi connectivity index (χ4n) is 3.12. The summed E-state index contributed by atoms with van der Waals surface area (Å²) in [4.78, 5) is 2.20. The Morgan fingerprint density at radius 1 is 1.14 bits per heavy atom.